The maximum absolute atomic E-state index is 12.4. The van der Waals surface area contributed by atoms with Gasteiger partial charge in [-0.05, 0) is 33.8 Å². The molecule has 0 radical (unpaired) electrons. The first kappa shape index (κ1) is 14.2. The normalized spacial score (nSPS) is 18.4. The summed E-state index contributed by atoms with van der Waals surface area (Å²) in [6, 6.07) is 5.58. The van der Waals surface area contributed by atoms with Gasteiger partial charge in [0.25, 0.3) is 10.0 Å². The zero-order chi connectivity index (χ0) is 14.0. The summed E-state index contributed by atoms with van der Waals surface area (Å²) in [7, 11) is -3.28. The van der Waals surface area contributed by atoms with Gasteiger partial charge < -0.3 is 0 Å². The van der Waals surface area contributed by atoms with Crippen LogP contribution in [0.3, 0.4) is 0 Å². The molecule has 3 rings (SSSR count). The highest BCUT2D eigenvalue weighted by molar-refractivity contribution is 7.91. The Hall–Kier alpha value is -0.730. The molecule has 1 aliphatic heterocycles. The Morgan fingerprint density at radius 2 is 1.90 bits per heavy atom. The van der Waals surface area contributed by atoms with E-state index in [1.54, 1.807) is 33.2 Å². The smallest absolute Gasteiger partial charge is 0.252 e. The van der Waals surface area contributed by atoms with Crippen LogP contribution >= 0.6 is 22.7 Å². The Morgan fingerprint density at radius 3 is 2.50 bits per heavy atom. The van der Waals surface area contributed by atoms with Gasteiger partial charge in [-0.3, -0.25) is 4.90 Å². The van der Waals surface area contributed by atoms with E-state index in [1.807, 2.05) is 0 Å². The first-order chi connectivity index (χ1) is 9.66. The number of piperazine rings is 1. The molecular weight excluding hydrogens is 312 g/mol. The van der Waals surface area contributed by atoms with E-state index in [0.29, 0.717) is 17.3 Å². The van der Waals surface area contributed by atoms with Gasteiger partial charge in [-0.1, -0.05) is 6.07 Å². The van der Waals surface area contributed by atoms with Crippen LogP contribution in [-0.4, -0.2) is 43.8 Å². The van der Waals surface area contributed by atoms with Gasteiger partial charge in [-0.2, -0.15) is 15.6 Å². The molecule has 0 bridgehead atoms. The van der Waals surface area contributed by atoms with E-state index in [2.05, 4.69) is 21.7 Å². The van der Waals surface area contributed by atoms with Crippen molar-refractivity contribution in [2.24, 2.45) is 0 Å². The quantitative estimate of drug-likeness (QED) is 0.865. The zero-order valence-corrected chi connectivity index (χ0v) is 13.4. The number of hydrogen-bond acceptors (Lipinski definition) is 5. The van der Waals surface area contributed by atoms with Gasteiger partial charge in [-0.15, -0.1) is 11.3 Å². The van der Waals surface area contributed by atoms with Crippen LogP contribution in [0, 0.1) is 0 Å². The predicted molar refractivity (Wildman–Crippen MR) is 82.7 cm³/mol. The molecule has 20 heavy (non-hydrogen) atoms. The number of hydrogen-bond donors (Lipinski definition) is 0. The highest BCUT2D eigenvalue weighted by Gasteiger charge is 2.28. The molecule has 0 amide bonds. The van der Waals surface area contributed by atoms with Crippen molar-refractivity contribution < 1.29 is 8.42 Å². The summed E-state index contributed by atoms with van der Waals surface area (Å²) >= 11 is 2.99. The number of nitrogens with zero attached hydrogens (tertiary/aromatic N) is 2. The average Bonchev–Trinajstić information content (AvgIpc) is 3.12. The number of rotatable bonds is 4. The van der Waals surface area contributed by atoms with Crippen LogP contribution in [0.1, 0.15) is 5.56 Å². The maximum atomic E-state index is 12.4. The van der Waals surface area contributed by atoms with E-state index in [9.17, 15) is 8.42 Å². The summed E-state index contributed by atoms with van der Waals surface area (Å²) in [5.74, 6) is 0. The minimum Gasteiger partial charge on any atom is -0.296 e. The third-order valence-corrected chi connectivity index (χ3v) is 7.41. The molecule has 0 atom stereocenters. The summed E-state index contributed by atoms with van der Waals surface area (Å²) in [5, 5.41) is 6.03. The van der Waals surface area contributed by atoms with Gasteiger partial charge in [0.2, 0.25) is 0 Å². The number of thiophene rings is 2. The zero-order valence-electron chi connectivity index (χ0n) is 10.9. The molecule has 108 valence electrons. The van der Waals surface area contributed by atoms with Crippen LogP contribution in [0.4, 0.5) is 0 Å². The van der Waals surface area contributed by atoms with Crippen LogP contribution in [0.15, 0.2) is 38.5 Å². The van der Waals surface area contributed by atoms with Crippen molar-refractivity contribution in [2.75, 3.05) is 26.2 Å². The molecule has 1 saturated heterocycles. The molecule has 0 spiro atoms. The summed E-state index contributed by atoms with van der Waals surface area (Å²) in [6.45, 7) is 3.64. The second-order valence-corrected chi connectivity index (χ2v) is 8.64. The fourth-order valence-electron chi connectivity index (χ4n) is 2.31. The van der Waals surface area contributed by atoms with E-state index in [-0.39, 0.29) is 0 Å². The summed E-state index contributed by atoms with van der Waals surface area (Å²) in [6.07, 6.45) is 0. The molecule has 3 heterocycles. The molecule has 0 unspecified atom stereocenters. The average molecular weight is 328 g/mol. The Kier molecular flexibility index (Phi) is 4.23. The summed E-state index contributed by atoms with van der Waals surface area (Å²) in [5.41, 5.74) is 1.31. The van der Waals surface area contributed by atoms with E-state index >= 15 is 0 Å². The van der Waals surface area contributed by atoms with Crippen LogP contribution in [0.5, 0.6) is 0 Å². The molecular formula is C13H16N2O2S3. The lowest BCUT2D eigenvalue weighted by molar-refractivity contribution is 0.182. The Morgan fingerprint density at radius 1 is 1.10 bits per heavy atom. The summed E-state index contributed by atoms with van der Waals surface area (Å²) in [4.78, 5) is 2.31. The van der Waals surface area contributed by atoms with E-state index in [1.165, 1.54) is 16.9 Å². The van der Waals surface area contributed by atoms with Gasteiger partial charge in [0.1, 0.15) is 4.21 Å². The van der Waals surface area contributed by atoms with Crippen molar-refractivity contribution in [2.45, 2.75) is 10.8 Å². The Bertz CT molecular complexity index is 627. The fraction of sp³-hybridized carbons (Fsp3) is 0.385. The standard InChI is InChI=1S/C13H16N2O2S3/c16-20(17,13-2-1-8-19-13)15-6-4-14(5-7-15)10-12-3-9-18-11-12/h1-3,8-9,11H,4-7,10H2. The Labute approximate surface area is 127 Å². The lowest BCUT2D eigenvalue weighted by Gasteiger charge is -2.33. The van der Waals surface area contributed by atoms with Crippen LogP contribution in [0.2, 0.25) is 0 Å². The van der Waals surface area contributed by atoms with Gasteiger partial charge in [0.05, 0.1) is 0 Å². The fourth-order valence-corrected chi connectivity index (χ4v) is 5.53. The van der Waals surface area contributed by atoms with Crippen molar-refractivity contribution in [3.63, 3.8) is 0 Å². The first-order valence-electron chi connectivity index (χ1n) is 6.43. The van der Waals surface area contributed by atoms with E-state index in [4.69, 9.17) is 0 Å². The SMILES string of the molecule is O=S(=O)(c1cccs1)N1CCN(Cc2ccsc2)CC1. The van der Waals surface area contributed by atoms with Crippen LogP contribution in [-0.2, 0) is 16.6 Å². The van der Waals surface area contributed by atoms with Crippen molar-refractivity contribution in [1.29, 1.82) is 0 Å². The Balaban J connectivity index is 1.61. The first-order valence-corrected chi connectivity index (χ1v) is 9.69. The lowest BCUT2D eigenvalue weighted by atomic mass is 10.3. The van der Waals surface area contributed by atoms with E-state index in [0.717, 1.165) is 19.6 Å². The largest absolute Gasteiger partial charge is 0.296 e. The molecule has 0 N–H and O–H groups in total. The third-order valence-electron chi connectivity index (χ3n) is 3.41. The lowest BCUT2D eigenvalue weighted by Crippen LogP contribution is -2.47. The highest BCUT2D eigenvalue weighted by atomic mass is 32.2. The molecule has 7 heteroatoms. The van der Waals surface area contributed by atoms with Gasteiger partial charge >= 0.3 is 0 Å². The van der Waals surface area contributed by atoms with E-state index < -0.39 is 10.0 Å². The topological polar surface area (TPSA) is 40.6 Å². The summed E-state index contributed by atoms with van der Waals surface area (Å²) < 4.78 is 26.8. The minimum atomic E-state index is -3.28. The molecule has 4 nitrogen and oxygen atoms in total. The molecule has 0 saturated carbocycles. The van der Waals surface area contributed by atoms with Crippen molar-refractivity contribution >= 4 is 32.7 Å². The van der Waals surface area contributed by atoms with Crippen molar-refractivity contribution in [3.05, 3.63) is 39.9 Å². The van der Waals surface area contributed by atoms with Crippen molar-refractivity contribution in [3.8, 4) is 0 Å². The molecule has 2 aromatic rings. The predicted octanol–water partition coefficient (Wildman–Crippen LogP) is 2.32. The molecule has 0 aliphatic carbocycles. The maximum Gasteiger partial charge on any atom is 0.252 e. The van der Waals surface area contributed by atoms with Crippen LogP contribution < -0.4 is 0 Å². The van der Waals surface area contributed by atoms with Crippen LogP contribution in [0.25, 0.3) is 0 Å². The molecule has 0 aromatic carbocycles. The highest BCUT2D eigenvalue weighted by Crippen LogP contribution is 2.22. The molecule has 2 aromatic heterocycles. The second kappa shape index (κ2) is 5.95. The van der Waals surface area contributed by atoms with Crippen molar-refractivity contribution in [1.82, 2.24) is 9.21 Å². The minimum absolute atomic E-state index is 0.448. The monoisotopic (exact) mass is 328 g/mol. The van der Waals surface area contributed by atoms with Gasteiger partial charge in [0, 0.05) is 32.7 Å². The molecule has 1 aliphatic rings. The molecule has 1 fully saturated rings. The van der Waals surface area contributed by atoms with Gasteiger partial charge in [0.15, 0.2) is 0 Å². The van der Waals surface area contributed by atoms with Gasteiger partial charge in [-0.25, -0.2) is 8.42 Å². The third kappa shape index (κ3) is 2.96. The second-order valence-electron chi connectivity index (χ2n) is 4.74. The number of sulfonamides is 1.